The van der Waals surface area contributed by atoms with Gasteiger partial charge in [-0.15, -0.1) is 0 Å². The Hall–Kier alpha value is -0.280. The topological polar surface area (TPSA) is 40.5 Å². The van der Waals surface area contributed by atoms with Crippen LogP contribution in [-0.2, 0) is 6.42 Å². The maximum absolute atomic E-state index is 10.6. The Morgan fingerprint density at radius 3 is 2.32 bits per heavy atom. The number of hydrogen-bond acceptors (Lipinski definition) is 2. The van der Waals surface area contributed by atoms with Crippen molar-refractivity contribution >= 4 is 23.2 Å². The fourth-order valence-corrected chi connectivity index (χ4v) is 3.25. The molecule has 0 saturated heterocycles. The molecule has 2 N–H and O–H groups in total. The summed E-state index contributed by atoms with van der Waals surface area (Å²) in [4.78, 5) is 0. The molecule has 1 atom stereocenters. The van der Waals surface area contributed by atoms with Crippen LogP contribution in [0.4, 0.5) is 0 Å². The third kappa shape index (κ3) is 3.85. The largest absolute Gasteiger partial charge is 0.390 e. The fourth-order valence-electron chi connectivity index (χ4n) is 2.76. The van der Waals surface area contributed by atoms with Crippen molar-refractivity contribution in [2.24, 2.45) is 0 Å². The van der Waals surface area contributed by atoms with Gasteiger partial charge in [-0.25, -0.2) is 0 Å². The molecule has 19 heavy (non-hydrogen) atoms. The first kappa shape index (κ1) is 15.1. The van der Waals surface area contributed by atoms with Crippen LogP contribution in [0.1, 0.15) is 44.1 Å². The van der Waals surface area contributed by atoms with Crippen LogP contribution >= 0.6 is 23.2 Å². The van der Waals surface area contributed by atoms with Crippen molar-refractivity contribution < 1.29 is 10.2 Å². The van der Waals surface area contributed by atoms with Gasteiger partial charge in [0.15, 0.2) is 0 Å². The minimum atomic E-state index is -0.973. The number of benzene rings is 1. The molecule has 0 amide bonds. The van der Waals surface area contributed by atoms with Crippen LogP contribution in [0.5, 0.6) is 0 Å². The summed E-state index contributed by atoms with van der Waals surface area (Å²) in [6.45, 7) is 0. The molecular formula is C15H20Cl2O2. The van der Waals surface area contributed by atoms with E-state index in [1.54, 1.807) is 12.1 Å². The van der Waals surface area contributed by atoms with E-state index in [0.29, 0.717) is 29.3 Å². The molecule has 0 aromatic heterocycles. The Kier molecular flexibility index (Phi) is 5.13. The molecule has 2 nitrogen and oxygen atoms in total. The van der Waals surface area contributed by atoms with Gasteiger partial charge in [0, 0.05) is 16.5 Å². The van der Waals surface area contributed by atoms with Crippen molar-refractivity contribution in [3.05, 3.63) is 33.8 Å². The van der Waals surface area contributed by atoms with Gasteiger partial charge < -0.3 is 10.2 Å². The normalized spacial score (nSPS) is 20.8. The molecular weight excluding hydrogens is 283 g/mol. The molecule has 0 radical (unpaired) electrons. The van der Waals surface area contributed by atoms with Crippen LogP contribution < -0.4 is 0 Å². The van der Waals surface area contributed by atoms with Gasteiger partial charge in [0.2, 0.25) is 0 Å². The van der Waals surface area contributed by atoms with E-state index in [4.69, 9.17) is 23.2 Å². The summed E-state index contributed by atoms with van der Waals surface area (Å²) < 4.78 is 0. The molecule has 1 unspecified atom stereocenters. The minimum Gasteiger partial charge on any atom is -0.390 e. The number of rotatable bonds is 3. The predicted octanol–water partition coefficient (Wildman–Crippen LogP) is 3.98. The summed E-state index contributed by atoms with van der Waals surface area (Å²) in [5, 5.41) is 22.1. The molecule has 1 aliphatic rings. The van der Waals surface area contributed by atoms with Crippen LogP contribution in [0.2, 0.25) is 10.0 Å². The molecule has 1 aromatic rings. The van der Waals surface area contributed by atoms with Crippen molar-refractivity contribution in [3.63, 3.8) is 0 Å². The second-order valence-corrected chi connectivity index (χ2v) is 6.32. The van der Waals surface area contributed by atoms with Gasteiger partial charge in [0.05, 0.1) is 11.7 Å². The maximum atomic E-state index is 10.6. The highest BCUT2D eigenvalue weighted by atomic mass is 35.5. The Balaban J connectivity index is 2.08. The highest BCUT2D eigenvalue weighted by Crippen LogP contribution is 2.32. The van der Waals surface area contributed by atoms with Gasteiger partial charge in [0.25, 0.3) is 0 Å². The second kappa shape index (κ2) is 6.45. The second-order valence-electron chi connectivity index (χ2n) is 5.47. The van der Waals surface area contributed by atoms with Crippen LogP contribution in [0, 0.1) is 0 Å². The molecule has 2 rings (SSSR count). The molecule has 0 aliphatic heterocycles. The van der Waals surface area contributed by atoms with E-state index < -0.39 is 11.7 Å². The highest BCUT2D eigenvalue weighted by Gasteiger charge is 2.35. The van der Waals surface area contributed by atoms with Gasteiger partial charge in [-0.1, -0.05) is 55.0 Å². The Morgan fingerprint density at radius 1 is 1.11 bits per heavy atom. The zero-order chi connectivity index (χ0) is 13.9. The van der Waals surface area contributed by atoms with Crippen molar-refractivity contribution in [3.8, 4) is 0 Å². The first-order valence-electron chi connectivity index (χ1n) is 6.86. The molecule has 0 bridgehead atoms. The maximum Gasteiger partial charge on any atom is 0.0908 e. The molecule has 1 fully saturated rings. The SMILES string of the molecule is OC(Cc1ccc(Cl)cc1Cl)C1(O)CCCCCC1. The van der Waals surface area contributed by atoms with Gasteiger partial charge in [0.1, 0.15) is 0 Å². The molecule has 4 heteroatoms. The fraction of sp³-hybridized carbons (Fsp3) is 0.600. The molecule has 106 valence electrons. The summed E-state index contributed by atoms with van der Waals surface area (Å²) in [5.74, 6) is 0. The predicted molar refractivity (Wildman–Crippen MR) is 78.8 cm³/mol. The summed E-state index contributed by atoms with van der Waals surface area (Å²) in [5.41, 5.74) is -0.143. The Bertz CT molecular complexity index is 426. The van der Waals surface area contributed by atoms with E-state index >= 15 is 0 Å². The lowest BCUT2D eigenvalue weighted by molar-refractivity contribution is -0.0836. The molecule has 0 heterocycles. The van der Waals surface area contributed by atoms with Crippen LogP contribution in [0.25, 0.3) is 0 Å². The summed E-state index contributed by atoms with van der Waals surface area (Å²) in [6.07, 6.45) is 5.15. The van der Waals surface area contributed by atoms with Gasteiger partial charge in [-0.05, 0) is 30.5 Å². The zero-order valence-corrected chi connectivity index (χ0v) is 12.4. The minimum absolute atomic E-state index is 0.368. The Morgan fingerprint density at radius 2 is 1.74 bits per heavy atom. The Labute approximate surface area is 124 Å². The third-order valence-electron chi connectivity index (χ3n) is 4.02. The van der Waals surface area contributed by atoms with Crippen LogP contribution in [0.3, 0.4) is 0 Å². The van der Waals surface area contributed by atoms with Crippen molar-refractivity contribution in [2.45, 2.75) is 56.7 Å². The third-order valence-corrected chi connectivity index (χ3v) is 4.60. The van der Waals surface area contributed by atoms with E-state index in [0.717, 1.165) is 31.2 Å². The average molecular weight is 303 g/mol. The van der Waals surface area contributed by atoms with Crippen molar-refractivity contribution in [1.82, 2.24) is 0 Å². The first-order valence-corrected chi connectivity index (χ1v) is 7.61. The first-order chi connectivity index (χ1) is 9.01. The van der Waals surface area contributed by atoms with E-state index in [9.17, 15) is 10.2 Å². The molecule has 1 aromatic carbocycles. The molecule has 1 saturated carbocycles. The number of halogens is 2. The average Bonchev–Trinajstić information content (AvgIpc) is 2.58. The highest BCUT2D eigenvalue weighted by molar-refractivity contribution is 6.35. The van der Waals surface area contributed by atoms with Crippen LogP contribution in [0.15, 0.2) is 18.2 Å². The standard InChI is InChI=1S/C15H20Cl2O2/c16-12-6-5-11(13(17)10-12)9-14(18)15(19)7-3-1-2-4-8-15/h5-6,10,14,18-19H,1-4,7-9H2. The summed E-state index contributed by atoms with van der Waals surface area (Å²) >= 11 is 12.0. The lowest BCUT2D eigenvalue weighted by Gasteiger charge is -2.32. The van der Waals surface area contributed by atoms with Crippen molar-refractivity contribution in [1.29, 1.82) is 0 Å². The molecule has 1 aliphatic carbocycles. The summed E-state index contributed by atoms with van der Waals surface area (Å²) in [7, 11) is 0. The van der Waals surface area contributed by atoms with E-state index in [2.05, 4.69) is 0 Å². The number of aliphatic hydroxyl groups excluding tert-OH is 1. The van der Waals surface area contributed by atoms with Gasteiger partial charge >= 0.3 is 0 Å². The summed E-state index contributed by atoms with van der Waals surface area (Å²) in [6, 6.07) is 5.24. The lowest BCUT2D eigenvalue weighted by Crippen LogP contribution is -2.43. The van der Waals surface area contributed by atoms with Crippen molar-refractivity contribution in [2.75, 3.05) is 0 Å². The monoisotopic (exact) mass is 302 g/mol. The van der Waals surface area contributed by atoms with Crippen LogP contribution in [-0.4, -0.2) is 21.9 Å². The van der Waals surface area contributed by atoms with Gasteiger partial charge in [-0.3, -0.25) is 0 Å². The molecule has 0 spiro atoms. The van der Waals surface area contributed by atoms with E-state index in [1.807, 2.05) is 6.07 Å². The van der Waals surface area contributed by atoms with E-state index in [-0.39, 0.29) is 0 Å². The number of aliphatic hydroxyl groups is 2. The van der Waals surface area contributed by atoms with Gasteiger partial charge in [-0.2, -0.15) is 0 Å². The van der Waals surface area contributed by atoms with E-state index in [1.165, 1.54) is 0 Å². The smallest absolute Gasteiger partial charge is 0.0908 e. The zero-order valence-electron chi connectivity index (χ0n) is 10.9. The quantitative estimate of drug-likeness (QED) is 0.829. The number of hydrogen-bond donors (Lipinski definition) is 2. The lowest BCUT2D eigenvalue weighted by atomic mass is 9.85.